The number of fused-ring (bicyclic) bond motifs is 14. The van der Waals surface area contributed by atoms with Gasteiger partial charge < -0.3 is 18.1 Å². The summed E-state index contributed by atoms with van der Waals surface area (Å²) in [6.45, 7) is 0. The molecule has 0 unspecified atom stereocenters. The maximum Gasteiger partial charge on any atom is 0.137 e. The van der Waals surface area contributed by atoms with Crippen LogP contribution < -0.4 is 0 Å². The Morgan fingerprint density at radius 2 is 0.712 bits per heavy atom. The molecular formula is C48H29N3O. The average Bonchev–Trinajstić information content (AvgIpc) is 3.94. The van der Waals surface area contributed by atoms with E-state index < -0.39 is 0 Å². The van der Waals surface area contributed by atoms with E-state index in [0.29, 0.717) is 0 Å². The summed E-state index contributed by atoms with van der Waals surface area (Å²) in [6, 6.07) is 63.4. The van der Waals surface area contributed by atoms with Gasteiger partial charge in [-0.1, -0.05) is 97.1 Å². The van der Waals surface area contributed by atoms with Crippen molar-refractivity contribution >= 4 is 87.4 Å². The monoisotopic (exact) mass is 663 g/mol. The van der Waals surface area contributed by atoms with E-state index in [0.717, 1.165) is 39.0 Å². The molecule has 0 saturated carbocycles. The Balaban J connectivity index is 1.36. The van der Waals surface area contributed by atoms with Gasteiger partial charge in [0.25, 0.3) is 0 Å². The molecule has 0 aliphatic rings. The van der Waals surface area contributed by atoms with Crippen LogP contribution in [0.2, 0.25) is 0 Å². The Labute approximate surface area is 297 Å². The first kappa shape index (κ1) is 27.7. The summed E-state index contributed by atoms with van der Waals surface area (Å²) in [5.41, 5.74) is 12.3. The molecule has 0 amide bonds. The SMILES string of the molecule is c1ccc(-n2c3ccccc3c3c4c5c6c7ccccc7n(-c7ccccc7)c6ccc5n(-c5cccc6oc7ccccc7c56)c4ccc32)cc1. The standard InChI is InChI=1S/C48H29N3O/c1-3-14-30(15-4-1)49-35-21-10-7-18-32(35)45-38(49)26-28-40-47(45)48-41(51(40)37-23-13-25-43-44(37)34-20-9-12-24-42(34)52-43)29-27-39-46(48)33-19-8-11-22-36(33)50(39)31-16-5-2-6-17-31/h1-29H. The van der Waals surface area contributed by atoms with E-state index in [2.05, 4.69) is 184 Å². The van der Waals surface area contributed by atoms with E-state index in [4.69, 9.17) is 4.42 Å². The van der Waals surface area contributed by atoms with Gasteiger partial charge in [0.05, 0.1) is 44.2 Å². The first-order chi connectivity index (χ1) is 25.8. The zero-order valence-corrected chi connectivity index (χ0v) is 28.0. The molecule has 0 N–H and O–H groups in total. The van der Waals surface area contributed by atoms with Gasteiger partial charge >= 0.3 is 0 Å². The zero-order valence-electron chi connectivity index (χ0n) is 28.0. The number of benzene rings is 8. The molecule has 0 radical (unpaired) electrons. The van der Waals surface area contributed by atoms with E-state index in [-0.39, 0.29) is 0 Å². The molecule has 8 aromatic carbocycles. The Bertz CT molecular complexity index is 3220. The average molecular weight is 664 g/mol. The highest BCUT2D eigenvalue weighted by molar-refractivity contribution is 6.36. The van der Waals surface area contributed by atoms with Crippen LogP contribution in [0.3, 0.4) is 0 Å². The van der Waals surface area contributed by atoms with Crippen molar-refractivity contribution in [1.82, 2.24) is 13.7 Å². The molecule has 52 heavy (non-hydrogen) atoms. The topological polar surface area (TPSA) is 27.9 Å². The minimum Gasteiger partial charge on any atom is -0.456 e. The third kappa shape index (κ3) is 3.55. The fourth-order valence-corrected chi connectivity index (χ4v) is 9.02. The van der Waals surface area contributed by atoms with Crippen molar-refractivity contribution in [2.45, 2.75) is 0 Å². The molecule has 0 bridgehead atoms. The number of hydrogen-bond donors (Lipinski definition) is 0. The zero-order chi connectivity index (χ0) is 33.9. The van der Waals surface area contributed by atoms with Crippen LogP contribution >= 0.6 is 0 Å². The Morgan fingerprint density at radius 1 is 0.269 bits per heavy atom. The van der Waals surface area contributed by atoms with E-state index in [1.807, 2.05) is 6.07 Å². The van der Waals surface area contributed by atoms with Gasteiger partial charge in [0.15, 0.2) is 0 Å². The lowest BCUT2D eigenvalue weighted by Crippen LogP contribution is -1.96. The van der Waals surface area contributed by atoms with Crippen LogP contribution in [0.15, 0.2) is 180 Å². The third-order valence-electron chi connectivity index (χ3n) is 11.0. The fourth-order valence-electron chi connectivity index (χ4n) is 9.02. The fraction of sp³-hybridized carbons (Fsp3) is 0. The third-order valence-corrected chi connectivity index (χ3v) is 11.0. The minimum atomic E-state index is 0.886. The van der Waals surface area contributed by atoms with Crippen molar-refractivity contribution in [3.8, 4) is 17.1 Å². The van der Waals surface area contributed by atoms with E-state index in [9.17, 15) is 0 Å². The Morgan fingerprint density at radius 3 is 1.27 bits per heavy atom. The molecule has 4 heterocycles. The number of aromatic nitrogens is 3. The molecule has 0 spiro atoms. The second kappa shape index (κ2) is 10.3. The van der Waals surface area contributed by atoms with Crippen molar-refractivity contribution in [2.75, 3.05) is 0 Å². The lowest BCUT2D eigenvalue weighted by molar-refractivity contribution is 0.669. The van der Waals surface area contributed by atoms with Crippen LogP contribution in [-0.2, 0) is 0 Å². The van der Waals surface area contributed by atoms with Gasteiger partial charge in [0.2, 0.25) is 0 Å². The summed E-state index contributed by atoms with van der Waals surface area (Å²) in [5.74, 6) is 0. The summed E-state index contributed by atoms with van der Waals surface area (Å²) in [7, 11) is 0. The molecule has 0 aliphatic carbocycles. The van der Waals surface area contributed by atoms with Crippen molar-refractivity contribution in [3.63, 3.8) is 0 Å². The second-order valence-electron chi connectivity index (χ2n) is 13.7. The highest BCUT2D eigenvalue weighted by atomic mass is 16.3. The summed E-state index contributed by atoms with van der Waals surface area (Å²) >= 11 is 0. The normalized spacial score (nSPS) is 12.2. The van der Waals surface area contributed by atoms with Gasteiger partial charge in [-0.25, -0.2) is 0 Å². The molecule has 0 saturated heterocycles. The lowest BCUT2D eigenvalue weighted by Gasteiger charge is -2.11. The predicted molar refractivity (Wildman–Crippen MR) is 217 cm³/mol. The Kier molecular flexibility index (Phi) is 5.47. The van der Waals surface area contributed by atoms with Crippen molar-refractivity contribution in [3.05, 3.63) is 176 Å². The van der Waals surface area contributed by atoms with Crippen LogP contribution in [0.1, 0.15) is 0 Å². The molecule has 0 aliphatic heterocycles. The number of furan rings is 1. The minimum absolute atomic E-state index is 0.886. The quantitative estimate of drug-likeness (QED) is 0.185. The van der Waals surface area contributed by atoms with Crippen LogP contribution in [0.5, 0.6) is 0 Å². The molecular weight excluding hydrogens is 635 g/mol. The molecule has 0 atom stereocenters. The van der Waals surface area contributed by atoms with E-state index in [1.54, 1.807) is 0 Å². The van der Waals surface area contributed by atoms with Gasteiger partial charge in [-0.05, 0) is 78.9 Å². The number of rotatable bonds is 3. The molecule has 0 fully saturated rings. The highest BCUT2D eigenvalue weighted by Crippen LogP contribution is 2.48. The number of hydrogen-bond acceptors (Lipinski definition) is 1. The van der Waals surface area contributed by atoms with Crippen LogP contribution in [-0.4, -0.2) is 13.7 Å². The van der Waals surface area contributed by atoms with Gasteiger partial charge in [0.1, 0.15) is 11.2 Å². The highest BCUT2D eigenvalue weighted by Gasteiger charge is 2.25. The van der Waals surface area contributed by atoms with Crippen molar-refractivity contribution in [2.24, 2.45) is 0 Å². The van der Waals surface area contributed by atoms with Gasteiger partial charge in [-0.3, -0.25) is 0 Å². The maximum absolute atomic E-state index is 6.46. The number of nitrogens with zero attached hydrogens (tertiary/aromatic N) is 3. The van der Waals surface area contributed by atoms with E-state index >= 15 is 0 Å². The molecule has 4 aromatic heterocycles. The number of para-hydroxylation sites is 5. The summed E-state index contributed by atoms with van der Waals surface area (Å²) < 4.78 is 13.8. The van der Waals surface area contributed by atoms with Crippen LogP contribution in [0.4, 0.5) is 0 Å². The van der Waals surface area contributed by atoms with Gasteiger partial charge in [-0.2, -0.15) is 0 Å². The molecule has 12 rings (SSSR count). The van der Waals surface area contributed by atoms with Crippen molar-refractivity contribution < 1.29 is 4.42 Å². The van der Waals surface area contributed by atoms with Crippen molar-refractivity contribution in [1.29, 1.82) is 0 Å². The summed E-state index contributed by atoms with van der Waals surface area (Å²) in [4.78, 5) is 0. The molecule has 12 aromatic rings. The second-order valence-corrected chi connectivity index (χ2v) is 13.7. The van der Waals surface area contributed by atoms with E-state index in [1.165, 1.54) is 65.4 Å². The maximum atomic E-state index is 6.46. The first-order valence-corrected chi connectivity index (χ1v) is 17.8. The van der Waals surface area contributed by atoms with Crippen LogP contribution in [0.25, 0.3) is 104 Å². The molecule has 4 heteroatoms. The predicted octanol–water partition coefficient (Wildman–Crippen LogP) is 12.9. The summed E-state index contributed by atoms with van der Waals surface area (Å²) in [5, 5.41) is 9.74. The molecule has 242 valence electrons. The summed E-state index contributed by atoms with van der Waals surface area (Å²) in [6.07, 6.45) is 0. The molecule has 4 nitrogen and oxygen atoms in total. The Hall–Kier alpha value is -7.04. The van der Waals surface area contributed by atoms with Crippen LogP contribution in [0, 0.1) is 0 Å². The smallest absolute Gasteiger partial charge is 0.137 e. The first-order valence-electron chi connectivity index (χ1n) is 17.8. The lowest BCUT2D eigenvalue weighted by atomic mass is 10.0. The van der Waals surface area contributed by atoms with Gasteiger partial charge in [-0.15, -0.1) is 0 Å². The largest absolute Gasteiger partial charge is 0.456 e. The van der Waals surface area contributed by atoms with Gasteiger partial charge in [0, 0.05) is 49.1 Å².